The summed E-state index contributed by atoms with van der Waals surface area (Å²) < 4.78 is 5.48. The molecule has 3 atom stereocenters. The van der Waals surface area contributed by atoms with E-state index in [0.29, 0.717) is 6.04 Å². The van der Waals surface area contributed by atoms with E-state index in [1.165, 1.54) is 70.6 Å². The van der Waals surface area contributed by atoms with E-state index in [1.807, 2.05) is 0 Å². The lowest BCUT2D eigenvalue weighted by molar-refractivity contribution is 0.0627. The van der Waals surface area contributed by atoms with E-state index < -0.39 is 0 Å². The van der Waals surface area contributed by atoms with Gasteiger partial charge in [0.25, 0.3) is 0 Å². The monoisotopic (exact) mass is 341 g/mol. The molecule has 1 aromatic carbocycles. The maximum absolute atomic E-state index is 6.11. The van der Waals surface area contributed by atoms with Crippen molar-refractivity contribution in [2.45, 2.75) is 82.6 Å². The Morgan fingerprint density at radius 2 is 1.76 bits per heavy atom. The Balaban J connectivity index is 1.28. The van der Waals surface area contributed by atoms with Crippen LogP contribution < -0.4 is 5.73 Å². The van der Waals surface area contributed by atoms with Gasteiger partial charge in [-0.15, -0.1) is 0 Å². The van der Waals surface area contributed by atoms with E-state index >= 15 is 0 Å². The van der Waals surface area contributed by atoms with Crippen molar-refractivity contribution >= 4 is 0 Å². The van der Waals surface area contributed by atoms with Gasteiger partial charge in [0.15, 0.2) is 0 Å². The van der Waals surface area contributed by atoms with Gasteiger partial charge in [0, 0.05) is 19.3 Å². The van der Waals surface area contributed by atoms with Crippen LogP contribution in [0.15, 0.2) is 18.2 Å². The predicted molar refractivity (Wildman–Crippen MR) is 104 cm³/mol. The van der Waals surface area contributed by atoms with Crippen molar-refractivity contribution in [1.29, 1.82) is 0 Å². The van der Waals surface area contributed by atoms with E-state index in [2.05, 4.69) is 18.2 Å². The largest absolute Gasteiger partial charge is 0.381 e. The molecule has 3 aliphatic rings. The summed E-state index contributed by atoms with van der Waals surface area (Å²) in [4.78, 5) is 0. The van der Waals surface area contributed by atoms with Gasteiger partial charge in [0.05, 0.1) is 0 Å². The third kappa shape index (κ3) is 4.46. The summed E-state index contributed by atoms with van der Waals surface area (Å²) in [6, 6.07) is 7.81. The Morgan fingerprint density at radius 3 is 2.56 bits per heavy atom. The predicted octanol–water partition coefficient (Wildman–Crippen LogP) is 4.98. The molecule has 1 saturated heterocycles. The zero-order chi connectivity index (χ0) is 17.1. The summed E-state index contributed by atoms with van der Waals surface area (Å²) in [6.07, 6.45) is 14.5. The maximum Gasteiger partial charge on any atom is 0.0468 e. The Kier molecular flexibility index (Phi) is 5.77. The third-order valence-corrected chi connectivity index (χ3v) is 7.07. The fourth-order valence-electron chi connectivity index (χ4n) is 5.40. The van der Waals surface area contributed by atoms with Gasteiger partial charge in [-0.25, -0.2) is 0 Å². The molecule has 1 heterocycles. The van der Waals surface area contributed by atoms with Crippen molar-refractivity contribution in [1.82, 2.24) is 0 Å². The molecule has 0 radical (unpaired) electrons. The average Bonchev–Trinajstić information content (AvgIpc) is 3.08. The van der Waals surface area contributed by atoms with Crippen LogP contribution in [0.4, 0.5) is 0 Å². The van der Waals surface area contributed by atoms with Crippen molar-refractivity contribution in [3.63, 3.8) is 0 Å². The molecule has 0 amide bonds. The van der Waals surface area contributed by atoms with Crippen molar-refractivity contribution in [2.75, 3.05) is 13.2 Å². The van der Waals surface area contributed by atoms with Crippen molar-refractivity contribution in [2.24, 2.45) is 17.6 Å². The molecule has 138 valence electrons. The zero-order valence-electron chi connectivity index (χ0n) is 15.7. The normalized spacial score (nSPS) is 30.4. The molecule has 2 N–H and O–H groups in total. The van der Waals surface area contributed by atoms with Crippen LogP contribution in [0.1, 0.15) is 80.4 Å². The van der Waals surface area contributed by atoms with Gasteiger partial charge in [-0.1, -0.05) is 37.5 Å². The van der Waals surface area contributed by atoms with Crippen LogP contribution in [-0.2, 0) is 17.6 Å². The number of rotatable bonds is 5. The number of fused-ring (bicyclic) bond motifs is 1. The summed E-state index contributed by atoms with van der Waals surface area (Å²) >= 11 is 0. The minimum atomic E-state index is 0.432. The van der Waals surface area contributed by atoms with E-state index in [0.717, 1.165) is 31.0 Å². The van der Waals surface area contributed by atoms with Gasteiger partial charge in [0.2, 0.25) is 0 Å². The van der Waals surface area contributed by atoms with Gasteiger partial charge in [0.1, 0.15) is 0 Å². The third-order valence-electron chi connectivity index (χ3n) is 7.07. The minimum absolute atomic E-state index is 0.432. The Bertz CT molecular complexity index is 563. The van der Waals surface area contributed by atoms with E-state index in [9.17, 15) is 0 Å². The number of ether oxygens (including phenoxy) is 1. The quantitative estimate of drug-likeness (QED) is 0.819. The smallest absolute Gasteiger partial charge is 0.0468 e. The highest BCUT2D eigenvalue weighted by Gasteiger charge is 2.25. The maximum atomic E-state index is 6.11. The van der Waals surface area contributed by atoms with Crippen molar-refractivity contribution in [3.05, 3.63) is 34.9 Å². The lowest BCUT2D eigenvalue weighted by Gasteiger charge is -2.27. The topological polar surface area (TPSA) is 35.2 Å². The van der Waals surface area contributed by atoms with Gasteiger partial charge in [-0.3, -0.25) is 0 Å². The lowest BCUT2D eigenvalue weighted by atomic mass is 9.79. The van der Waals surface area contributed by atoms with Gasteiger partial charge in [-0.05, 0) is 85.8 Å². The molecular formula is C23H35NO. The minimum Gasteiger partial charge on any atom is -0.381 e. The number of benzene rings is 1. The van der Waals surface area contributed by atoms with Crippen LogP contribution in [0.2, 0.25) is 0 Å². The van der Waals surface area contributed by atoms with Crippen molar-refractivity contribution in [3.8, 4) is 0 Å². The average molecular weight is 342 g/mol. The summed E-state index contributed by atoms with van der Waals surface area (Å²) in [5.74, 6) is 2.57. The highest BCUT2D eigenvalue weighted by atomic mass is 16.5. The molecule has 2 nitrogen and oxygen atoms in total. The first kappa shape index (κ1) is 17.5. The first-order valence-electron chi connectivity index (χ1n) is 10.7. The molecule has 1 saturated carbocycles. The molecule has 4 rings (SSSR count). The van der Waals surface area contributed by atoms with Gasteiger partial charge >= 0.3 is 0 Å². The molecule has 1 aliphatic heterocycles. The zero-order valence-corrected chi connectivity index (χ0v) is 15.7. The fraction of sp³-hybridized carbons (Fsp3) is 0.739. The van der Waals surface area contributed by atoms with Crippen LogP contribution in [-0.4, -0.2) is 19.3 Å². The molecule has 2 fully saturated rings. The first-order chi connectivity index (χ1) is 12.3. The number of nitrogens with two attached hydrogens (primary N) is 1. The summed E-state index contributed by atoms with van der Waals surface area (Å²) in [5.41, 5.74) is 10.9. The second kappa shape index (κ2) is 8.22. The number of aryl methyl sites for hydroxylation is 1. The second-order valence-corrected chi connectivity index (χ2v) is 8.89. The Morgan fingerprint density at radius 1 is 0.920 bits per heavy atom. The van der Waals surface area contributed by atoms with Crippen LogP contribution >= 0.6 is 0 Å². The summed E-state index contributed by atoms with van der Waals surface area (Å²) in [5, 5.41) is 0. The Labute approximate surface area is 153 Å². The SMILES string of the molecule is NC1CCC(c2ccc3c(c2)CCC(CCCC2CCOCC2)C3)C1. The molecule has 25 heavy (non-hydrogen) atoms. The van der Waals surface area contributed by atoms with E-state index in [-0.39, 0.29) is 0 Å². The van der Waals surface area contributed by atoms with E-state index in [1.54, 1.807) is 16.7 Å². The van der Waals surface area contributed by atoms with Gasteiger partial charge in [-0.2, -0.15) is 0 Å². The van der Waals surface area contributed by atoms with E-state index in [4.69, 9.17) is 10.5 Å². The molecule has 1 aromatic rings. The summed E-state index contributed by atoms with van der Waals surface area (Å²) in [6.45, 7) is 1.99. The van der Waals surface area contributed by atoms with Crippen LogP contribution in [0, 0.1) is 11.8 Å². The van der Waals surface area contributed by atoms with Crippen molar-refractivity contribution < 1.29 is 4.74 Å². The van der Waals surface area contributed by atoms with Crippen LogP contribution in [0.5, 0.6) is 0 Å². The molecule has 0 spiro atoms. The van der Waals surface area contributed by atoms with Gasteiger partial charge < -0.3 is 10.5 Å². The Hall–Kier alpha value is -0.860. The molecule has 2 heteroatoms. The molecule has 2 aliphatic carbocycles. The van der Waals surface area contributed by atoms with Crippen LogP contribution in [0.25, 0.3) is 0 Å². The summed E-state index contributed by atoms with van der Waals surface area (Å²) in [7, 11) is 0. The molecule has 3 unspecified atom stereocenters. The second-order valence-electron chi connectivity index (χ2n) is 8.89. The molecular weight excluding hydrogens is 306 g/mol. The highest BCUT2D eigenvalue weighted by molar-refractivity contribution is 5.36. The lowest BCUT2D eigenvalue weighted by Crippen LogP contribution is -2.17. The van der Waals surface area contributed by atoms with Crippen LogP contribution in [0.3, 0.4) is 0 Å². The fourth-order valence-corrected chi connectivity index (χ4v) is 5.40. The number of hydrogen-bond acceptors (Lipinski definition) is 2. The highest BCUT2D eigenvalue weighted by Crippen LogP contribution is 2.37. The molecule has 0 bridgehead atoms. The first-order valence-corrected chi connectivity index (χ1v) is 10.7. The standard InChI is InChI=1S/C23H35NO/c24-23-9-8-22(16-23)21-7-6-19-14-18(4-5-20(19)15-21)3-1-2-17-10-12-25-13-11-17/h6-7,15,17-18,22-23H,1-5,8-14,16,24H2. The molecule has 0 aromatic heterocycles. The number of hydrogen-bond donors (Lipinski definition) is 1.